The van der Waals surface area contributed by atoms with Crippen LogP contribution >= 0.6 is 11.6 Å². The molecule has 0 fully saturated rings. The lowest BCUT2D eigenvalue weighted by Crippen LogP contribution is -2.39. The summed E-state index contributed by atoms with van der Waals surface area (Å²) in [6, 6.07) is 5.27. The van der Waals surface area contributed by atoms with Crippen molar-refractivity contribution in [2.45, 2.75) is 26.9 Å². The Balaban J connectivity index is 2.51. The van der Waals surface area contributed by atoms with Crippen LogP contribution in [0.5, 0.6) is 5.75 Å². The van der Waals surface area contributed by atoms with Crippen LogP contribution in [0.3, 0.4) is 0 Å². The molecule has 5 heteroatoms. The van der Waals surface area contributed by atoms with E-state index in [9.17, 15) is 4.79 Å². The van der Waals surface area contributed by atoms with E-state index < -0.39 is 6.10 Å². The lowest BCUT2D eigenvalue weighted by atomic mass is 10.2. The van der Waals surface area contributed by atoms with Crippen molar-refractivity contribution in [1.82, 2.24) is 5.32 Å². The van der Waals surface area contributed by atoms with E-state index in [0.717, 1.165) is 5.56 Å². The monoisotopic (exact) mass is 285 g/mol. The maximum atomic E-state index is 11.8. The first-order chi connectivity index (χ1) is 8.93. The Morgan fingerprint density at radius 2 is 2.16 bits per heavy atom. The highest BCUT2D eigenvalue weighted by Crippen LogP contribution is 2.21. The third-order valence-electron chi connectivity index (χ3n) is 2.75. The number of aryl methyl sites for hydroxylation is 1. The molecule has 0 saturated carbocycles. The summed E-state index contributed by atoms with van der Waals surface area (Å²) in [5.41, 5.74) is 0.903. The molecule has 1 aromatic carbocycles. The van der Waals surface area contributed by atoms with Crippen molar-refractivity contribution in [3.05, 3.63) is 28.8 Å². The van der Waals surface area contributed by atoms with Crippen LogP contribution in [0.1, 0.15) is 19.4 Å². The normalized spacial score (nSPS) is 13.7. The van der Waals surface area contributed by atoms with Crippen molar-refractivity contribution in [1.29, 1.82) is 0 Å². The number of hydrogen-bond acceptors (Lipinski definition) is 3. The van der Waals surface area contributed by atoms with Gasteiger partial charge >= 0.3 is 0 Å². The number of aliphatic hydroxyl groups is 1. The molecule has 106 valence electrons. The fraction of sp³-hybridized carbons (Fsp3) is 0.500. The number of carbonyl (C=O) groups excluding carboxylic acids is 1. The van der Waals surface area contributed by atoms with Gasteiger partial charge in [-0.15, -0.1) is 0 Å². The van der Waals surface area contributed by atoms with Gasteiger partial charge in [0.25, 0.3) is 5.91 Å². The average Bonchev–Trinajstić information content (AvgIpc) is 2.39. The van der Waals surface area contributed by atoms with Crippen LogP contribution in [0.15, 0.2) is 18.2 Å². The molecule has 0 aromatic heterocycles. The maximum absolute atomic E-state index is 11.8. The number of aliphatic hydroxyl groups excluding tert-OH is 1. The van der Waals surface area contributed by atoms with Crippen molar-refractivity contribution in [2.75, 3.05) is 13.2 Å². The standard InChI is InChI=1S/C14H20ClNO3/c1-9(8-17)7-16-14(18)11(3)19-12-4-5-13(15)10(2)6-12/h4-6,9,11,17H,7-8H2,1-3H3,(H,16,18). The highest BCUT2D eigenvalue weighted by atomic mass is 35.5. The quantitative estimate of drug-likeness (QED) is 0.842. The van der Waals surface area contributed by atoms with Gasteiger partial charge in [0.2, 0.25) is 0 Å². The fourth-order valence-corrected chi connectivity index (χ4v) is 1.55. The maximum Gasteiger partial charge on any atom is 0.260 e. The second-order valence-electron chi connectivity index (χ2n) is 4.70. The highest BCUT2D eigenvalue weighted by molar-refractivity contribution is 6.31. The first-order valence-electron chi connectivity index (χ1n) is 6.25. The zero-order valence-electron chi connectivity index (χ0n) is 11.4. The first kappa shape index (κ1) is 15.8. The molecule has 1 aromatic rings. The summed E-state index contributed by atoms with van der Waals surface area (Å²) in [5.74, 6) is 0.446. The summed E-state index contributed by atoms with van der Waals surface area (Å²) in [5, 5.41) is 12.3. The number of halogens is 1. The van der Waals surface area contributed by atoms with E-state index in [1.807, 2.05) is 13.8 Å². The van der Waals surface area contributed by atoms with E-state index in [0.29, 0.717) is 17.3 Å². The largest absolute Gasteiger partial charge is 0.481 e. The van der Waals surface area contributed by atoms with Gasteiger partial charge in [-0.05, 0) is 43.5 Å². The number of hydrogen-bond donors (Lipinski definition) is 2. The molecule has 0 heterocycles. The Bertz CT molecular complexity index is 437. The van der Waals surface area contributed by atoms with Gasteiger partial charge in [-0.1, -0.05) is 18.5 Å². The molecule has 0 aliphatic rings. The lowest BCUT2D eigenvalue weighted by Gasteiger charge is -2.16. The molecular weight excluding hydrogens is 266 g/mol. The van der Waals surface area contributed by atoms with Crippen molar-refractivity contribution in [3.8, 4) is 5.75 Å². The number of carbonyl (C=O) groups is 1. The predicted octanol–water partition coefficient (Wildman–Crippen LogP) is 2.16. The molecule has 2 unspecified atom stereocenters. The summed E-state index contributed by atoms with van der Waals surface area (Å²) >= 11 is 5.92. The zero-order valence-corrected chi connectivity index (χ0v) is 12.2. The first-order valence-corrected chi connectivity index (χ1v) is 6.63. The molecule has 19 heavy (non-hydrogen) atoms. The lowest BCUT2D eigenvalue weighted by molar-refractivity contribution is -0.127. The van der Waals surface area contributed by atoms with E-state index in [-0.39, 0.29) is 18.4 Å². The molecule has 0 aliphatic carbocycles. The fourth-order valence-electron chi connectivity index (χ4n) is 1.43. The molecule has 0 radical (unpaired) electrons. The Morgan fingerprint density at radius 3 is 2.74 bits per heavy atom. The van der Waals surface area contributed by atoms with E-state index in [4.69, 9.17) is 21.4 Å². The number of rotatable bonds is 6. The Labute approximate surface area is 118 Å². The van der Waals surface area contributed by atoms with Gasteiger partial charge in [0.05, 0.1) is 0 Å². The molecule has 1 amide bonds. The Hall–Kier alpha value is -1.26. The van der Waals surface area contributed by atoms with Crippen molar-refractivity contribution >= 4 is 17.5 Å². The van der Waals surface area contributed by atoms with Gasteiger partial charge < -0.3 is 15.2 Å². The summed E-state index contributed by atoms with van der Waals surface area (Å²) in [6.45, 7) is 5.90. The predicted molar refractivity (Wildman–Crippen MR) is 75.5 cm³/mol. The van der Waals surface area contributed by atoms with Gasteiger partial charge in [-0.3, -0.25) is 4.79 Å². The van der Waals surface area contributed by atoms with Crippen LogP contribution < -0.4 is 10.1 Å². The van der Waals surface area contributed by atoms with Crippen LogP contribution in [-0.4, -0.2) is 30.3 Å². The summed E-state index contributed by atoms with van der Waals surface area (Å²) in [6.07, 6.45) is -0.591. The molecule has 0 aliphatic heterocycles. The molecule has 2 N–H and O–H groups in total. The molecule has 2 atom stereocenters. The Morgan fingerprint density at radius 1 is 1.47 bits per heavy atom. The average molecular weight is 286 g/mol. The van der Waals surface area contributed by atoms with Crippen LogP contribution in [0, 0.1) is 12.8 Å². The second-order valence-corrected chi connectivity index (χ2v) is 5.11. The smallest absolute Gasteiger partial charge is 0.260 e. The number of ether oxygens (including phenoxy) is 1. The van der Waals surface area contributed by atoms with Gasteiger partial charge in [0.1, 0.15) is 5.75 Å². The van der Waals surface area contributed by atoms with E-state index >= 15 is 0 Å². The highest BCUT2D eigenvalue weighted by Gasteiger charge is 2.15. The van der Waals surface area contributed by atoms with Gasteiger partial charge in [-0.2, -0.15) is 0 Å². The van der Waals surface area contributed by atoms with E-state index in [2.05, 4.69) is 5.32 Å². The van der Waals surface area contributed by atoms with E-state index in [1.54, 1.807) is 25.1 Å². The van der Waals surface area contributed by atoms with Crippen LogP contribution in [0.4, 0.5) is 0 Å². The minimum Gasteiger partial charge on any atom is -0.481 e. The van der Waals surface area contributed by atoms with Crippen molar-refractivity contribution in [2.24, 2.45) is 5.92 Å². The summed E-state index contributed by atoms with van der Waals surface area (Å²) in [7, 11) is 0. The SMILES string of the molecule is Cc1cc(OC(C)C(=O)NCC(C)CO)ccc1Cl. The third kappa shape index (κ3) is 5.09. The molecule has 0 spiro atoms. The van der Waals surface area contributed by atoms with Gasteiger partial charge in [0, 0.05) is 18.2 Å². The number of benzene rings is 1. The molecule has 0 bridgehead atoms. The third-order valence-corrected chi connectivity index (χ3v) is 3.17. The molecule has 0 saturated heterocycles. The second kappa shape index (κ2) is 7.36. The zero-order chi connectivity index (χ0) is 14.4. The summed E-state index contributed by atoms with van der Waals surface area (Å²) in [4.78, 5) is 11.8. The van der Waals surface area contributed by atoms with Crippen molar-refractivity contribution < 1.29 is 14.6 Å². The van der Waals surface area contributed by atoms with Crippen molar-refractivity contribution in [3.63, 3.8) is 0 Å². The molecular formula is C14H20ClNO3. The van der Waals surface area contributed by atoms with E-state index in [1.165, 1.54) is 0 Å². The van der Waals surface area contributed by atoms with Crippen LogP contribution in [-0.2, 0) is 4.79 Å². The minimum atomic E-state index is -0.591. The molecule has 1 rings (SSSR count). The number of amides is 1. The minimum absolute atomic E-state index is 0.0360. The number of nitrogens with one attached hydrogen (secondary N) is 1. The van der Waals surface area contributed by atoms with Gasteiger partial charge in [0.15, 0.2) is 6.10 Å². The Kier molecular flexibility index (Phi) is 6.12. The van der Waals surface area contributed by atoms with Crippen LogP contribution in [0.25, 0.3) is 0 Å². The summed E-state index contributed by atoms with van der Waals surface area (Å²) < 4.78 is 5.54. The topological polar surface area (TPSA) is 58.6 Å². The van der Waals surface area contributed by atoms with Crippen LogP contribution in [0.2, 0.25) is 5.02 Å². The van der Waals surface area contributed by atoms with Gasteiger partial charge in [-0.25, -0.2) is 0 Å². The molecule has 4 nitrogen and oxygen atoms in total.